The Morgan fingerprint density at radius 2 is 1.50 bits per heavy atom. The van der Waals surface area contributed by atoms with Gasteiger partial charge in [-0.2, -0.15) is 0 Å². The summed E-state index contributed by atoms with van der Waals surface area (Å²) in [6, 6.07) is 10.3. The van der Waals surface area contributed by atoms with Gasteiger partial charge in [-0.15, -0.1) is 0 Å². The number of sulfone groups is 1. The zero-order chi connectivity index (χ0) is 13.3. The van der Waals surface area contributed by atoms with Crippen LogP contribution in [0.15, 0.2) is 52.3 Å². The predicted molar refractivity (Wildman–Crippen MR) is 73.4 cm³/mol. The van der Waals surface area contributed by atoms with Crippen molar-refractivity contribution in [1.29, 1.82) is 0 Å². The van der Waals surface area contributed by atoms with E-state index in [1.165, 1.54) is 30.3 Å². The van der Waals surface area contributed by atoms with Gasteiger partial charge >= 0.3 is 0 Å². The number of rotatable bonds is 2. The van der Waals surface area contributed by atoms with Gasteiger partial charge in [0, 0.05) is 10.0 Å². The van der Waals surface area contributed by atoms with E-state index in [1.54, 1.807) is 12.1 Å². The van der Waals surface area contributed by atoms with Crippen molar-refractivity contribution in [3.05, 3.63) is 57.5 Å². The first kappa shape index (κ1) is 13.7. The molecule has 0 spiro atoms. The fourth-order valence-corrected chi connectivity index (χ4v) is 3.78. The fraction of sp³-hybridized carbons (Fsp3) is 0. The first-order valence-electron chi connectivity index (χ1n) is 4.87. The molecule has 0 unspecified atom stereocenters. The molecule has 0 bridgehead atoms. The Morgan fingerprint density at radius 1 is 0.833 bits per heavy atom. The summed E-state index contributed by atoms with van der Waals surface area (Å²) in [5.41, 5.74) is 0. The lowest BCUT2D eigenvalue weighted by Gasteiger charge is -2.07. The third-order valence-corrected chi connectivity index (χ3v) is 4.99. The van der Waals surface area contributed by atoms with E-state index < -0.39 is 9.84 Å². The minimum atomic E-state index is -3.68. The standard InChI is InChI=1S/C12H7Cl3O2S/c13-8-2-1-3-10(6-8)18(16,17)12-5-4-9(14)7-11(12)15/h1-7H. The molecule has 0 aromatic heterocycles. The predicted octanol–water partition coefficient (Wildman–Crippen LogP) is 4.48. The third kappa shape index (κ3) is 2.64. The van der Waals surface area contributed by atoms with Gasteiger partial charge in [0.05, 0.1) is 14.8 Å². The average Bonchev–Trinajstić information content (AvgIpc) is 2.28. The van der Waals surface area contributed by atoms with Gasteiger partial charge in [0.1, 0.15) is 0 Å². The van der Waals surface area contributed by atoms with Crippen molar-refractivity contribution in [2.24, 2.45) is 0 Å². The first-order valence-corrected chi connectivity index (χ1v) is 7.48. The van der Waals surface area contributed by atoms with Crippen LogP contribution >= 0.6 is 34.8 Å². The minimum Gasteiger partial charge on any atom is -0.218 e. The second-order valence-electron chi connectivity index (χ2n) is 3.54. The Bertz CT molecular complexity index is 696. The SMILES string of the molecule is O=S(=O)(c1cccc(Cl)c1)c1ccc(Cl)cc1Cl. The molecule has 2 aromatic rings. The Kier molecular flexibility index (Phi) is 3.87. The topological polar surface area (TPSA) is 34.1 Å². The van der Waals surface area contributed by atoms with Gasteiger partial charge in [0.15, 0.2) is 0 Å². The van der Waals surface area contributed by atoms with Crippen LogP contribution in [0.1, 0.15) is 0 Å². The molecule has 0 N–H and O–H groups in total. The highest BCUT2D eigenvalue weighted by Gasteiger charge is 2.21. The zero-order valence-electron chi connectivity index (χ0n) is 8.90. The first-order chi connectivity index (χ1) is 8.41. The second kappa shape index (κ2) is 5.10. The molecule has 2 rings (SSSR count). The van der Waals surface area contributed by atoms with Crippen molar-refractivity contribution < 1.29 is 8.42 Å². The van der Waals surface area contributed by atoms with E-state index in [1.807, 2.05) is 0 Å². The summed E-state index contributed by atoms with van der Waals surface area (Å²) in [6.45, 7) is 0. The molecule has 0 amide bonds. The van der Waals surface area contributed by atoms with Gasteiger partial charge in [0.2, 0.25) is 9.84 Å². The minimum absolute atomic E-state index is 0.0100. The zero-order valence-corrected chi connectivity index (χ0v) is 12.0. The lowest BCUT2D eigenvalue weighted by Crippen LogP contribution is -2.02. The number of hydrogen-bond donors (Lipinski definition) is 0. The Balaban J connectivity index is 2.62. The van der Waals surface area contributed by atoms with E-state index in [4.69, 9.17) is 34.8 Å². The number of halogens is 3. The molecule has 0 saturated carbocycles. The maximum absolute atomic E-state index is 12.3. The largest absolute Gasteiger partial charge is 0.218 e. The molecule has 6 heteroatoms. The molecule has 0 aliphatic heterocycles. The van der Waals surface area contributed by atoms with E-state index in [0.717, 1.165) is 0 Å². The molecule has 0 aliphatic rings. The van der Waals surface area contributed by atoms with Crippen LogP contribution in [-0.4, -0.2) is 8.42 Å². The van der Waals surface area contributed by atoms with Crippen LogP contribution in [0, 0.1) is 0 Å². The van der Waals surface area contributed by atoms with E-state index in [2.05, 4.69) is 0 Å². The molecule has 94 valence electrons. The molecule has 0 radical (unpaired) electrons. The van der Waals surface area contributed by atoms with Gasteiger partial charge in [-0.05, 0) is 36.4 Å². The molecule has 18 heavy (non-hydrogen) atoms. The summed E-state index contributed by atoms with van der Waals surface area (Å²) in [7, 11) is -3.68. The third-order valence-electron chi connectivity index (χ3n) is 2.29. The smallest absolute Gasteiger partial charge is 0.208 e. The highest BCUT2D eigenvalue weighted by Crippen LogP contribution is 2.30. The van der Waals surface area contributed by atoms with Gasteiger partial charge in [-0.25, -0.2) is 8.42 Å². The Hall–Kier alpha value is -0.740. The highest BCUT2D eigenvalue weighted by atomic mass is 35.5. The van der Waals surface area contributed by atoms with Crippen molar-refractivity contribution >= 4 is 44.6 Å². The molecule has 0 saturated heterocycles. The van der Waals surface area contributed by atoms with Crippen molar-refractivity contribution in [2.75, 3.05) is 0 Å². The summed E-state index contributed by atoms with van der Waals surface area (Å²) in [4.78, 5) is 0.107. The fourth-order valence-electron chi connectivity index (χ4n) is 1.45. The molecular formula is C12H7Cl3O2S. The van der Waals surface area contributed by atoms with Crippen LogP contribution in [0.25, 0.3) is 0 Å². The number of hydrogen-bond acceptors (Lipinski definition) is 2. The van der Waals surface area contributed by atoms with Crippen LogP contribution < -0.4 is 0 Å². The van der Waals surface area contributed by atoms with E-state index in [9.17, 15) is 8.42 Å². The highest BCUT2D eigenvalue weighted by molar-refractivity contribution is 7.91. The van der Waals surface area contributed by atoms with Gasteiger partial charge in [0.25, 0.3) is 0 Å². The maximum atomic E-state index is 12.3. The normalized spacial score (nSPS) is 11.5. The van der Waals surface area contributed by atoms with Gasteiger partial charge in [-0.1, -0.05) is 40.9 Å². The van der Waals surface area contributed by atoms with Crippen molar-refractivity contribution in [3.8, 4) is 0 Å². The van der Waals surface area contributed by atoms with Crippen LogP contribution in [0.5, 0.6) is 0 Å². The lowest BCUT2D eigenvalue weighted by atomic mass is 10.4. The molecule has 0 atom stereocenters. The van der Waals surface area contributed by atoms with E-state index in [-0.39, 0.29) is 14.8 Å². The summed E-state index contributed by atoms with van der Waals surface area (Å²) in [6.07, 6.45) is 0. The van der Waals surface area contributed by atoms with Crippen LogP contribution in [0.2, 0.25) is 15.1 Å². The molecule has 0 heterocycles. The van der Waals surface area contributed by atoms with Crippen molar-refractivity contribution in [3.63, 3.8) is 0 Å². The number of benzene rings is 2. The molecule has 0 fully saturated rings. The van der Waals surface area contributed by atoms with Crippen molar-refractivity contribution in [2.45, 2.75) is 9.79 Å². The quantitative estimate of drug-likeness (QED) is 0.817. The second-order valence-corrected chi connectivity index (χ2v) is 6.73. The van der Waals surface area contributed by atoms with E-state index >= 15 is 0 Å². The monoisotopic (exact) mass is 320 g/mol. The lowest BCUT2D eigenvalue weighted by molar-refractivity contribution is 0.596. The van der Waals surface area contributed by atoms with Gasteiger partial charge in [-0.3, -0.25) is 0 Å². The molecule has 2 nitrogen and oxygen atoms in total. The van der Waals surface area contributed by atoms with Crippen LogP contribution in [0.4, 0.5) is 0 Å². The molecule has 0 aliphatic carbocycles. The van der Waals surface area contributed by atoms with E-state index in [0.29, 0.717) is 10.0 Å². The summed E-state index contributed by atoms with van der Waals surface area (Å²) in [5.74, 6) is 0. The molecular weight excluding hydrogens is 315 g/mol. The van der Waals surface area contributed by atoms with Gasteiger partial charge < -0.3 is 0 Å². The van der Waals surface area contributed by atoms with Crippen LogP contribution in [-0.2, 0) is 9.84 Å². The summed E-state index contributed by atoms with van der Waals surface area (Å²) >= 11 is 17.4. The average molecular weight is 322 g/mol. The summed E-state index contributed by atoms with van der Waals surface area (Å²) in [5, 5.41) is 0.814. The Labute approximate surface area is 120 Å². The van der Waals surface area contributed by atoms with Crippen molar-refractivity contribution in [1.82, 2.24) is 0 Å². The molecule has 2 aromatic carbocycles. The maximum Gasteiger partial charge on any atom is 0.208 e. The summed E-state index contributed by atoms with van der Waals surface area (Å²) < 4.78 is 24.7. The van der Waals surface area contributed by atoms with Crippen LogP contribution in [0.3, 0.4) is 0 Å². The Morgan fingerprint density at radius 3 is 2.11 bits per heavy atom.